The van der Waals surface area contributed by atoms with Crippen LogP contribution < -0.4 is 5.73 Å². The lowest BCUT2D eigenvalue weighted by Crippen LogP contribution is -2.15. The fourth-order valence-corrected chi connectivity index (χ4v) is 2.53. The number of aliphatic hydroxyl groups is 1. The van der Waals surface area contributed by atoms with Crippen LogP contribution in [0.1, 0.15) is 22.8 Å². The molecule has 3 N–H and O–H groups in total. The third-order valence-corrected chi connectivity index (χ3v) is 3.76. The number of rotatable bonds is 3. The van der Waals surface area contributed by atoms with Gasteiger partial charge in [-0.05, 0) is 31.0 Å². The molecule has 1 rings (SSSR count). The van der Waals surface area contributed by atoms with Crippen molar-refractivity contribution in [2.75, 3.05) is 12.8 Å². The highest BCUT2D eigenvalue weighted by molar-refractivity contribution is 7.90. The summed E-state index contributed by atoms with van der Waals surface area (Å²) in [5, 5.41) is 9.70. The molecule has 0 radical (unpaired) electrons. The largest absolute Gasteiger partial charge is 0.387 e. The predicted molar refractivity (Wildman–Crippen MR) is 63.0 cm³/mol. The van der Waals surface area contributed by atoms with Crippen LogP contribution in [0.3, 0.4) is 0 Å². The maximum atomic E-state index is 11.6. The average Bonchev–Trinajstić information content (AvgIpc) is 2.18. The Morgan fingerprint density at radius 1 is 1.31 bits per heavy atom. The first kappa shape index (κ1) is 13.2. The number of hydrogen-bond acceptors (Lipinski definition) is 4. The van der Waals surface area contributed by atoms with Crippen LogP contribution in [0.25, 0.3) is 0 Å². The molecule has 4 nitrogen and oxygen atoms in total. The summed E-state index contributed by atoms with van der Waals surface area (Å²) in [6, 6.07) is 3.27. The summed E-state index contributed by atoms with van der Waals surface area (Å²) < 4.78 is 23.2. The average molecular weight is 243 g/mol. The van der Waals surface area contributed by atoms with Gasteiger partial charge in [-0.2, -0.15) is 0 Å². The van der Waals surface area contributed by atoms with Crippen LogP contribution in [0.2, 0.25) is 0 Å². The molecule has 0 fully saturated rings. The standard InChI is InChI=1S/C11H17NO3S/c1-7-4-9(10(13)6-12)11(5-8(7)2)16(3,14)15/h4-5,10,13H,6,12H2,1-3H3. The summed E-state index contributed by atoms with van der Waals surface area (Å²) >= 11 is 0. The molecule has 1 aromatic rings. The molecule has 1 atom stereocenters. The van der Waals surface area contributed by atoms with Crippen molar-refractivity contribution in [2.24, 2.45) is 5.73 Å². The van der Waals surface area contributed by atoms with Crippen LogP contribution in [0.5, 0.6) is 0 Å². The highest BCUT2D eigenvalue weighted by Gasteiger charge is 2.19. The molecule has 0 heterocycles. The number of hydrogen-bond donors (Lipinski definition) is 2. The van der Waals surface area contributed by atoms with E-state index < -0.39 is 15.9 Å². The van der Waals surface area contributed by atoms with Crippen molar-refractivity contribution < 1.29 is 13.5 Å². The minimum atomic E-state index is -3.34. The Bertz CT molecular complexity index is 494. The molecule has 5 heteroatoms. The molecule has 1 unspecified atom stereocenters. The van der Waals surface area contributed by atoms with E-state index in [1.165, 1.54) is 0 Å². The third kappa shape index (κ3) is 2.61. The Balaban J connectivity index is 3.52. The Morgan fingerprint density at radius 2 is 1.81 bits per heavy atom. The van der Waals surface area contributed by atoms with Gasteiger partial charge >= 0.3 is 0 Å². The zero-order valence-corrected chi connectivity index (χ0v) is 10.5. The Hall–Kier alpha value is -0.910. The first-order valence-corrected chi connectivity index (χ1v) is 6.86. The minimum absolute atomic E-state index is 0.00498. The van der Waals surface area contributed by atoms with Crippen LogP contribution in [0.15, 0.2) is 17.0 Å². The second-order valence-electron chi connectivity index (χ2n) is 4.00. The highest BCUT2D eigenvalue weighted by atomic mass is 32.2. The summed E-state index contributed by atoms with van der Waals surface area (Å²) in [5.41, 5.74) is 7.56. The molecule has 0 aliphatic rings. The molecule has 0 saturated heterocycles. The predicted octanol–water partition coefficient (Wildman–Crippen LogP) is 0.699. The third-order valence-electron chi connectivity index (χ3n) is 2.61. The molecular weight excluding hydrogens is 226 g/mol. The van der Waals surface area contributed by atoms with Gasteiger partial charge in [0.1, 0.15) is 0 Å². The first-order valence-electron chi connectivity index (χ1n) is 4.96. The van der Waals surface area contributed by atoms with E-state index in [1.807, 2.05) is 13.8 Å². The van der Waals surface area contributed by atoms with Crippen molar-refractivity contribution in [3.63, 3.8) is 0 Å². The monoisotopic (exact) mass is 243 g/mol. The van der Waals surface area contributed by atoms with Gasteiger partial charge in [0.15, 0.2) is 9.84 Å². The van der Waals surface area contributed by atoms with Crippen LogP contribution in [0, 0.1) is 13.8 Å². The SMILES string of the molecule is Cc1cc(C(O)CN)c(S(C)(=O)=O)cc1C. The fourth-order valence-electron chi connectivity index (χ4n) is 1.52. The minimum Gasteiger partial charge on any atom is -0.387 e. The van der Waals surface area contributed by atoms with E-state index in [-0.39, 0.29) is 11.4 Å². The topological polar surface area (TPSA) is 80.4 Å². The first-order chi connectivity index (χ1) is 7.27. The van der Waals surface area contributed by atoms with Gasteiger partial charge in [0.05, 0.1) is 11.0 Å². The molecule has 0 spiro atoms. The van der Waals surface area contributed by atoms with Crippen molar-refractivity contribution in [3.8, 4) is 0 Å². The number of benzene rings is 1. The highest BCUT2D eigenvalue weighted by Crippen LogP contribution is 2.25. The maximum absolute atomic E-state index is 11.6. The molecule has 16 heavy (non-hydrogen) atoms. The molecule has 0 aromatic heterocycles. The zero-order chi connectivity index (χ0) is 12.5. The number of aliphatic hydroxyl groups excluding tert-OH is 1. The van der Waals surface area contributed by atoms with Crippen molar-refractivity contribution in [1.82, 2.24) is 0 Å². The lowest BCUT2D eigenvalue weighted by Gasteiger charge is -2.15. The number of nitrogens with two attached hydrogens (primary N) is 1. The van der Waals surface area contributed by atoms with Gasteiger partial charge in [0.25, 0.3) is 0 Å². The van der Waals surface area contributed by atoms with Gasteiger partial charge in [0, 0.05) is 18.4 Å². The molecule has 0 saturated carbocycles. The van der Waals surface area contributed by atoms with E-state index >= 15 is 0 Å². The molecule has 0 bridgehead atoms. The smallest absolute Gasteiger partial charge is 0.175 e. The molecule has 0 aliphatic carbocycles. The molecule has 0 aliphatic heterocycles. The summed E-state index contributed by atoms with van der Waals surface area (Å²) in [6.45, 7) is 3.71. The summed E-state index contributed by atoms with van der Waals surface area (Å²) in [7, 11) is -3.34. The Morgan fingerprint density at radius 3 is 2.25 bits per heavy atom. The molecule has 0 amide bonds. The van der Waals surface area contributed by atoms with Gasteiger partial charge < -0.3 is 10.8 Å². The number of sulfone groups is 1. The molecule has 1 aromatic carbocycles. The van der Waals surface area contributed by atoms with Crippen molar-refractivity contribution in [2.45, 2.75) is 24.8 Å². The van der Waals surface area contributed by atoms with E-state index in [0.29, 0.717) is 5.56 Å². The van der Waals surface area contributed by atoms with Crippen molar-refractivity contribution in [1.29, 1.82) is 0 Å². The van der Waals surface area contributed by atoms with Gasteiger partial charge in [0.2, 0.25) is 0 Å². The van der Waals surface area contributed by atoms with Crippen LogP contribution in [0.4, 0.5) is 0 Å². The van der Waals surface area contributed by atoms with Gasteiger partial charge in [-0.15, -0.1) is 0 Å². The van der Waals surface area contributed by atoms with Gasteiger partial charge in [-0.3, -0.25) is 0 Å². The molecule has 90 valence electrons. The van der Waals surface area contributed by atoms with E-state index in [1.54, 1.807) is 12.1 Å². The van der Waals surface area contributed by atoms with Crippen molar-refractivity contribution >= 4 is 9.84 Å². The fraction of sp³-hybridized carbons (Fsp3) is 0.455. The van der Waals surface area contributed by atoms with E-state index in [0.717, 1.165) is 17.4 Å². The van der Waals surface area contributed by atoms with Crippen LogP contribution >= 0.6 is 0 Å². The summed E-state index contributed by atoms with van der Waals surface area (Å²) in [4.78, 5) is 0.161. The van der Waals surface area contributed by atoms with E-state index in [2.05, 4.69) is 0 Å². The second-order valence-corrected chi connectivity index (χ2v) is 5.98. The summed E-state index contributed by atoms with van der Waals surface area (Å²) in [5.74, 6) is 0. The zero-order valence-electron chi connectivity index (χ0n) is 9.69. The lowest BCUT2D eigenvalue weighted by atomic mass is 10.0. The Kier molecular flexibility index (Phi) is 3.72. The summed E-state index contributed by atoms with van der Waals surface area (Å²) in [6.07, 6.45) is 0.188. The van der Waals surface area contributed by atoms with Crippen molar-refractivity contribution in [3.05, 3.63) is 28.8 Å². The number of aryl methyl sites for hydroxylation is 2. The normalized spacial score (nSPS) is 13.8. The second kappa shape index (κ2) is 4.53. The van der Waals surface area contributed by atoms with Crippen LogP contribution in [-0.4, -0.2) is 26.3 Å². The van der Waals surface area contributed by atoms with E-state index in [9.17, 15) is 13.5 Å². The van der Waals surface area contributed by atoms with E-state index in [4.69, 9.17) is 5.73 Å². The Labute approximate surface area is 96.0 Å². The van der Waals surface area contributed by atoms with Gasteiger partial charge in [-0.1, -0.05) is 6.07 Å². The lowest BCUT2D eigenvalue weighted by molar-refractivity contribution is 0.183. The quantitative estimate of drug-likeness (QED) is 0.819. The maximum Gasteiger partial charge on any atom is 0.175 e. The molecular formula is C11H17NO3S. The van der Waals surface area contributed by atoms with Gasteiger partial charge in [-0.25, -0.2) is 8.42 Å². The van der Waals surface area contributed by atoms with Crippen LogP contribution in [-0.2, 0) is 9.84 Å².